The lowest BCUT2D eigenvalue weighted by Crippen LogP contribution is -2.14. The number of hydrogen-bond donors (Lipinski definition) is 8. The maximum Gasteiger partial charge on any atom is 0.341 e. The van der Waals surface area contributed by atoms with Crippen LogP contribution in [0.4, 0.5) is 0 Å². The third-order valence-corrected chi connectivity index (χ3v) is 13.3. The Bertz CT molecular complexity index is 3760. The number of carboxylic acids is 6. The predicted molar refractivity (Wildman–Crippen MR) is 308 cm³/mol. The molecule has 2 aliphatic heterocycles. The Morgan fingerprint density at radius 3 is 0.798 bits per heavy atom. The lowest BCUT2D eigenvalue weighted by molar-refractivity contribution is -0.140. The number of nitrogens with one attached hydrogen (secondary N) is 2. The molecule has 0 unspecified atom stereocenters. The summed E-state index contributed by atoms with van der Waals surface area (Å²) in [6.45, 7) is 6.34. The summed E-state index contributed by atoms with van der Waals surface area (Å²) in [7, 11) is 0. The van der Waals surface area contributed by atoms with Crippen molar-refractivity contribution >= 4 is 82.2 Å². The number of rotatable bonds is 22. The van der Waals surface area contributed by atoms with E-state index in [4.69, 9.17) is 38.4 Å². The third kappa shape index (κ3) is 12.5. The van der Waals surface area contributed by atoms with E-state index in [0.717, 1.165) is 44.5 Å². The van der Waals surface area contributed by atoms with Crippen LogP contribution in [0.3, 0.4) is 0 Å². The molecule has 22 nitrogen and oxygen atoms in total. The summed E-state index contributed by atoms with van der Waals surface area (Å²) >= 11 is 0. The van der Waals surface area contributed by atoms with Crippen LogP contribution in [0.15, 0.2) is 72.8 Å². The molecule has 8 N–H and O–H groups in total. The second-order valence-corrected chi connectivity index (χ2v) is 19.7. The molecule has 3 aromatic heterocycles. The first-order valence-corrected chi connectivity index (χ1v) is 25.8. The van der Waals surface area contributed by atoms with E-state index in [-0.39, 0.29) is 68.1 Å². The smallest absolute Gasteiger partial charge is 0.341 e. The highest BCUT2D eigenvalue weighted by molar-refractivity contribution is 6.03. The van der Waals surface area contributed by atoms with E-state index in [1.807, 2.05) is 65.8 Å². The van der Waals surface area contributed by atoms with E-state index in [1.165, 1.54) is 24.3 Å². The number of fused-ring (bicyclic) bond motifs is 8. The lowest BCUT2D eigenvalue weighted by Gasteiger charge is -2.18. The highest BCUT2D eigenvalue weighted by atomic mass is 16.5. The number of aliphatic carboxylic acids is 6. The monoisotopic (exact) mass is 1140 g/mol. The average molecular weight is 1140 g/mol. The van der Waals surface area contributed by atoms with Crippen molar-refractivity contribution in [1.82, 2.24) is 19.9 Å². The van der Waals surface area contributed by atoms with Crippen molar-refractivity contribution in [2.75, 3.05) is 39.6 Å². The summed E-state index contributed by atoms with van der Waals surface area (Å²) in [5.74, 6) is -9.29. The molecule has 0 saturated heterocycles. The summed E-state index contributed by atoms with van der Waals surface area (Å²) in [5, 5.41) is 59.1. The molecule has 22 heteroatoms. The quantitative estimate of drug-likeness (QED) is 0.0313. The van der Waals surface area contributed by atoms with Gasteiger partial charge in [-0.25, -0.2) is 38.7 Å². The zero-order chi connectivity index (χ0) is 60.3. The number of carbonyl (C=O) groups is 6. The van der Waals surface area contributed by atoms with E-state index in [9.17, 15) is 59.4 Å². The van der Waals surface area contributed by atoms with Crippen LogP contribution in [0.2, 0.25) is 0 Å². The van der Waals surface area contributed by atoms with Gasteiger partial charge in [0.05, 0.1) is 33.9 Å². The van der Waals surface area contributed by atoms with Crippen molar-refractivity contribution in [3.63, 3.8) is 0 Å². The molecule has 2 aliphatic rings. The maximum absolute atomic E-state index is 12.3. The molecule has 8 bridgehead atoms. The maximum atomic E-state index is 12.3. The zero-order valence-corrected chi connectivity index (χ0v) is 46.0. The molecule has 9 rings (SSSR count). The average Bonchev–Trinajstić information content (AvgIpc) is 2.19. The first-order chi connectivity index (χ1) is 40.0. The first-order valence-electron chi connectivity index (χ1n) is 25.8. The van der Waals surface area contributed by atoms with Crippen LogP contribution in [-0.4, -0.2) is 126 Å². The summed E-state index contributed by atoms with van der Waals surface area (Å²) in [5.41, 5.74) is 11.1. The van der Waals surface area contributed by atoms with E-state index >= 15 is 0 Å². The number of hydrogen-bond acceptors (Lipinski definition) is 14. The number of benzene rings is 4. The standard InChI is InChI=1S/C62H54N4O18/c1-29-15-31(3)55(32(4)16-29)57-37-7-11-41(63-37)59(61-45(81-25-51(71)72)19-35(79-23-49(67)68)20-46(61)82-26-52(73)74)43-13-9-39(65-43)58(56-33(5)17-30(2)18-34(56)6)40-10-14-44(66-40)60(42-12-8-38(57)64-42)62-47(83-27-53(75)76)21-36(80-24-50(69)70)22-48(62)84-28-54(77)78/h7-22,63,66H,23-28H2,1-6H3,(H,67,68)(H,69,70)(H,71,72)(H,73,74)(H,75,76)(H,77,78). The molecule has 0 fully saturated rings. The number of ether oxygens (including phenoxy) is 6. The van der Waals surface area contributed by atoms with Crippen LogP contribution in [0.1, 0.15) is 56.2 Å². The fourth-order valence-electron chi connectivity index (χ4n) is 10.5. The largest absolute Gasteiger partial charge is 0.482 e. The number of carboxylic acid groups (broad SMARTS) is 6. The molecule has 0 atom stereocenters. The van der Waals surface area contributed by atoms with Crippen molar-refractivity contribution in [1.29, 1.82) is 0 Å². The van der Waals surface area contributed by atoms with E-state index < -0.39 is 75.5 Å². The molecule has 5 heterocycles. The minimum atomic E-state index is -1.38. The van der Waals surface area contributed by atoms with Gasteiger partial charge in [-0.1, -0.05) is 35.4 Å². The van der Waals surface area contributed by atoms with Crippen molar-refractivity contribution in [2.45, 2.75) is 41.5 Å². The Kier molecular flexibility index (Phi) is 16.5. The summed E-state index contributed by atoms with van der Waals surface area (Å²) in [4.78, 5) is 90.4. The number of aromatic amines is 2. The van der Waals surface area contributed by atoms with Gasteiger partial charge in [-0.05, 0) is 123 Å². The minimum absolute atomic E-state index is 0.0178. The van der Waals surface area contributed by atoms with Gasteiger partial charge in [0.25, 0.3) is 0 Å². The van der Waals surface area contributed by atoms with Gasteiger partial charge < -0.3 is 69.0 Å². The Hall–Kier alpha value is -10.9. The fourth-order valence-corrected chi connectivity index (χ4v) is 10.5. The highest BCUT2D eigenvalue weighted by Gasteiger charge is 2.29. The number of nitrogens with zero attached hydrogens (tertiary/aromatic N) is 2. The minimum Gasteiger partial charge on any atom is -0.482 e. The fraction of sp³-hybridized carbons (Fsp3) is 0.194. The Morgan fingerprint density at radius 1 is 0.333 bits per heavy atom. The number of aromatic nitrogens is 4. The van der Waals surface area contributed by atoms with Crippen LogP contribution in [0, 0.1) is 41.5 Å². The number of aryl methyl sites for hydroxylation is 6. The Balaban J connectivity index is 1.53. The molecule has 0 aliphatic carbocycles. The van der Waals surface area contributed by atoms with E-state index in [0.29, 0.717) is 44.6 Å². The van der Waals surface area contributed by atoms with Crippen molar-refractivity contribution in [3.05, 3.63) is 129 Å². The third-order valence-electron chi connectivity index (χ3n) is 13.3. The van der Waals surface area contributed by atoms with E-state index in [2.05, 4.69) is 9.97 Å². The predicted octanol–water partition coefficient (Wildman–Crippen LogP) is 9.95. The molecular weight excluding hydrogens is 1090 g/mol. The molecule has 0 spiro atoms. The molecule has 84 heavy (non-hydrogen) atoms. The Morgan fingerprint density at radius 2 is 0.560 bits per heavy atom. The second-order valence-electron chi connectivity index (χ2n) is 19.7. The van der Waals surface area contributed by atoms with Crippen LogP contribution in [0.5, 0.6) is 34.5 Å². The molecule has 0 saturated carbocycles. The molecule has 4 aromatic carbocycles. The number of H-pyrrole nitrogens is 2. The van der Waals surface area contributed by atoms with E-state index in [1.54, 1.807) is 48.6 Å². The van der Waals surface area contributed by atoms with Gasteiger partial charge in [-0.3, -0.25) is 0 Å². The summed E-state index contributed by atoms with van der Waals surface area (Å²) in [6, 6.07) is 20.1. The van der Waals surface area contributed by atoms with Gasteiger partial charge in [0.2, 0.25) is 0 Å². The first kappa shape index (κ1) is 57.8. The van der Waals surface area contributed by atoms with Gasteiger partial charge in [0, 0.05) is 68.6 Å². The van der Waals surface area contributed by atoms with Gasteiger partial charge in [-0.2, -0.15) is 0 Å². The van der Waals surface area contributed by atoms with Crippen LogP contribution < -0.4 is 28.4 Å². The van der Waals surface area contributed by atoms with Gasteiger partial charge >= 0.3 is 35.8 Å². The SMILES string of the molecule is Cc1cc(C)c(-c2c3nc(c(-c4c(OCC(=O)O)cc(OCC(=O)O)cc4OCC(=O)O)c4ccc([nH]4)c(-c4c(C)cc(C)cc4C)c4nc(c(-c5c(OCC(=O)O)cc(OCC(=O)O)cc5OCC(=O)O)c5ccc2[nH]5)C=C4)C=C3)c(C)c1. The highest BCUT2D eigenvalue weighted by Crippen LogP contribution is 2.49. The lowest BCUT2D eigenvalue weighted by atomic mass is 9.92. The van der Waals surface area contributed by atoms with Crippen LogP contribution >= 0.6 is 0 Å². The van der Waals surface area contributed by atoms with Crippen molar-refractivity contribution in [3.8, 4) is 79.0 Å². The van der Waals surface area contributed by atoms with Gasteiger partial charge in [0.15, 0.2) is 39.6 Å². The molecule has 7 aromatic rings. The molecule has 0 amide bonds. The van der Waals surface area contributed by atoms with Crippen molar-refractivity contribution < 1.29 is 87.8 Å². The van der Waals surface area contributed by atoms with Crippen LogP contribution in [0.25, 0.3) is 90.9 Å². The van der Waals surface area contributed by atoms with Crippen molar-refractivity contribution in [2.24, 2.45) is 0 Å². The summed E-state index contributed by atoms with van der Waals surface area (Å²) in [6.07, 6.45) is 6.91. The van der Waals surface area contributed by atoms with Crippen LogP contribution in [-0.2, 0) is 28.8 Å². The topological polar surface area (TPSA) is 337 Å². The molecule has 430 valence electrons. The zero-order valence-electron chi connectivity index (χ0n) is 46.0. The summed E-state index contributed by atoms with van der Waals surface area (Å²) < 4.78 is 35.0. The normalized spacial score (nSPS) is 11.5. The molecule has 0 radical (unpaired) electrons. The molecular formula is C62H54N4O18. The van der Waals surface area contributed by atoms with Gasteiger partial charge in [-0.15, -0.1) is 0 Å². The van der Waals surface area contributed by atoms with Gasteiger partial charge in [0.1, 0.15) is 34.5 Å². The Labute approximate surface area is 477 Å². The second kappa shape index (κ2) is 24.1.